The zero-order chi connectivity index (χ0) is 24.4. The lowest BCUT2D eigenvalue weighted by Gasteiger charge is -2.12. The highest BCUT2D eigenvalue weighted by Gasteiger charge is 2.20. The Morgan fingerprint density at radius 3 is 2.91 bits per heavy atom. The molecule has 180 valence electrons. The molecule has 1 N–H and O–H groups in total. The third-order valence-corrected chi connectivity index (χ3v) is 7.16. The maximum absolute atomic E-state index is 14.8. The van der Waals surface area contributed by atoms with Crippen LogP contribution in [0.4, 0.5) is 10.1 Å². The molecule has 0 saturated carbocycles. The van der Waals surface area contributed by atoms with Gasteiger partial charge < -0.3 is 14.4 Å². The number of thioether (sulfide) groups is 1. The quantitative estimate of drug-likeness (QED) is 0.362. The third-order valence-electron chi connectivity index (χ3n) is 6.12. The number of fused-ring (bicyclic) bond motifs is 1. The van der Waals surface area contributed by atoms with Crippen molar-refractivity contribution in [1.82, 2.24) is 24.9 Å². The second-order valence-electron chi connectivity index (χ2n) is 8.50. The van der Waals surface area contributed by atoms with Gasteiger partial charge in [0.2, 0.25) is 0 Å². The number of aryl methyl sites for hydroxylation is 3. The number of nitrogens with zero attached hydrogens (tertiary/aromatic N) is 5. The molecule has 35 heavy (non-hydrogen) atoms. The van der Waals surface area contributed by atoms with Crippen LogP contribution in [0.25, 0.3) is 11.4 Å². The van der Waals surface area contributed by atoms with Crippen LogP contribution in [0.15, 0.2) is 46.1 Å². The summed E-state index contributed by atoms with van der Waals surface area (Å²) in [6.07, 6.45) is 5.66. The summed E-state index contributed by atoms with van der Waals surface area (Å²) in [5, 5.41) is 16.0. The summed E-state index contributed by atoms with van der Waals surface area (Å²) in [7, 11) is 0. The standard InChI is InChI=1S/C25H25FN6O2S/c1-15-20(16(2)34-31-15)14-35-25-18(7-6-11-27-25)24(33)28-17-9-10-21(26)19(13-17)23-30-29-22-8-4-3-5-12-32(22)23/h6-7,9-11,13H,3-5,8,12,14H2,1-2H3,(H,28,33). The molecule has 10 heteroatoms. The number of benzene rings is 1. The van der Waals surface area contributed by atoms with Gasteiger partial charge in [0.15, 0.2) is 5.82 Å². The fourth-order valence-electron chi connectivity index (χ4n) is 4.18. The molecule has 0 fully saturated rings. The maximum atomic E-state index is 14.8. The minimum Gasteiger partial charge on any atom is -0.361 e. The molecule has 0 radical (unpaired) electrons. The first-order chi connectivity index (χ1) is 17.0. The molecule has 8 nitrogen and oxygen atoms in total. The summed E-state index contributed by atoms with van der Waals surface area (Å²) in [5.74, 6) is 1.98. The van der Waals surface area contributed by atoms with Crippen molar-refractivity contribution in [3.05, 3.63) is 70.8 Å². The van der Waals surface area contributed by atoms with Gasteiger partial charge in [-0.1, -0.05) is 11.6 Å². The predicted molar refractivity (Wildman–Crippen MR) is 131 cm³/mol. The number of hydrogen-bond donors (Lipinski definition) is 1. The van der Waals surface area contributed by atoms with E-state index in [0.717, 1.165) is 55.1 Å². The first-order valence-corrected chi connectivity index (χ1v) is 12.5. The van der Waals surface area contributed by atoms with Crippen molar-refractivity contribution in [2.24, 2.45) is 0 Å². The molecular formula is C25H25FN6O2S. The van der Waals surface area contributed by atoms with Gasteiger partial charge in [0.05, 0.1) is 16.8 Å². The lowest BCUT2D eigenvalue weighted by molar-refractivity contribution is 0.102. The van der Waals surface area contributed by atoms with Crippen LogP contribution in [0.2, 0.25) is 0 Å². The number of halogens is 1. The molecule has 0 aliphatic carbocycles. The molecule has 5 rings (SSSR count). The third kappa shape index (κ3) is 4.84. The Hall–Kier alpha value is -3.53. The molecule has 0 bridgehead atoms. The van der Waals surface area contributed by atoms with Gasteiger partial charge in [0.1, 0.15) is 22.4 Å². The molecule has 1 amide bonds. The zero-order valence-electron chi connectivity index (χ0n) is 19.5. The average Bonchev–Trinajstić information content (AvgIpc) is 3.31. The highest BCUT2D eigenvalue weighted by molar-refractivity contribution is 7.98. The summed E-state index contributed by atoms with van der Waals surface area (Å²) in [6, 6.07) is 7.95. The second-order valence-corrected chi connectivity index (χ2v) is 9.46. The number of nitrogens with one attached hydrogen (secondary N) is 1. The van der Waals surface area contributed by atoms with E-state index in [0.29, 0.717) is 33.4 Å². The fourth-order valence-corrected chi connectivity index (χ4v) is 5.33. The molecule has 1 aliphatic heterocycles. The molecular weight excluding hydrogens is 467 g/mol. The van der Waals surface area contributed by atoms with Gasteiger partial charge in [-0.25, -0.2) is 9.37 Å². The van der Waals surface area contributed by atoms with Crippen molar-refractivity contribution in [1.29, 1.82) is 0 Å². The summed E-state index contributed by atoms with van der Waals surface area (Å²) >= 11 is 1.44. The first kappa shape index (κ1) is 23.2. The number of pyridine rings is 1. The van der Waals surface area contributed by atoms with Crippen molar-refractivity contribution in [2.45, 2.75) is 56.9 Å². The largest absolute Gasteiger partial charge is 0.361 e. The number of amides is 1. The van der Waals surface area contributed by atoms with Crippen LogP contribution in [-0.2, 0) is 18.7 Å². The van der Waals surface area contributed by atoms with Crippen molar-refractivity contribution >= 4 is 23.4 Å². The summed E-state index contributed by atoms with van der Waals surface area (Å²) in [6.45, 7) is 4.51. The van der Waals surface area contributed by atoms with Crippen molar-refractivity contribution in [3.63, 3.8) is 0 Å². The minimum absolute atomic E-state index is 0.322. The molecule has 4 heterocycles. The van der Waals surface area contributed by atoms with Crippen LogP contribution in [0.5, 0.6) is 0 Å². The number of aromatic nitrogens is 5. The van der Waals surface area contributed by atoms with Crippen molar-refractivity contribution in [2.75, 3.05) is 5.32 Å². The Labute approximate surface area is 206 Å². The van der Waals surface area contributed by atoms with Gasteiger partial charge in [-0.2, -0.15) is 0 Å². The number of hydrogen-bond acceptors (Lipinski definition) is 7. The molecule has 0 atom stereocenters. The Balaban J connectivity index is 1.37. The molecule has 3 aromatic heterocycles. The van der Waals surface area contributed by atoms with E-state index in [4.69, 9.17) is 4.52 Å². The molecule has 1 aromatic carbocycles. The lowest BCUT2D eigenvalue weighted by atomic mass is 10.1. The SMILES string of the molecule is Cc1noc(C)c1CSc1ncccc1C(=O)Nc1ccc(F)c(-c2nnc3n2CCCCC3)c1. The second kappa shape index (κ2) is 9.99. The van der Waals surface area contributed by atoms with Gasteiger partial charge in [0, 0.05) is 36.2 Å². The highest BCUT2D eigenvalue weighted by Crippen LogP contribution is 2.30. The Morgan fingerprint density at radius 1 is 1.20 bits per heavy atom. The monoisotopic (exact) mass is 492 g/mol. The van der Waals surface area contributed by atoms with Crippen LogP contribution in [0.3, 0.4) is 0 Å². The van der Waals surface area contributed by atoms with E-state index in [1.54, 1.807) is 30.5 Å². The minimum atomic E-state index is -0.403. The molecule has 0 unspecified atom stereocenters. The van der Waals surface area contributed by atoms with Crippen LogP contribution in [0.1, 0.15) is 52.5 Å². The van der Waals surface area contributed by atoms with E-state index in [1.165, 1.54) is 17.8 Å². The van der Waals surface area contributed by atoms with E-state index in [9.17, 15) is 9.18 Å². The molecule has 1 aliphatic rings. The van der Waals surface area contributed by atoms with E-state index in [-0.39, 0.29) is 5.91 Å². The van der Waals surface area contributed by atoms with Crippen molar-refractivity contribution < 1.29 is 13.7 Å². The molecule has 4 aromatic rings. The van der Waals surface area contributed by atoms with Crippen LogP contribution < -0.4 is 5.32 Å². The number of carbonyl (C=O) groups is 1. The van der Waals surface area contributed by atoms with E-state index in [2.05, 4.69) is 25.7 Å². The normalized spacial score (nSPS) is 13.3. The number of anilines is 1. The van der Waals surface area contributed by atoms with Crippen molar-refractivity contribution in [3.8, 4) is 11.4 Å². The zero-order valence-corrected chi connectivity index (χ0v) is 20.4. The van der Waals surface area contributed by atoms with Gasteiger partial charge in [0.25, 0.3) is 5.91 Å². The van der Waals surface area contributed by atoms with Gasteiger partial charge in [-0.15, -0.1) is 22.0 Å². The highest BCUT2D eigenvalue weighted by atomic mass is 32.2. The molecule has 0 spiro atoms. The Bertz CT molecular complexity index is 1360. The van der Waals surface area contributed by atoms with Crippen LogP contribution in [0, 0.1) is 19.7 Å². The summed E-state index contributed by atoms with van der Waals surface area (Å²) in [4.78, 5) is 17.6. The van der Waals surface area contributed by atoms with Crippen LogP contribution >= 0.6 is 11.8 Å². The maximum Gasteiger partial charge on any atom is 0.258 e. The Kier molecular flexibility index (Phi) is 6.63. The van der Waals surface area contributed by atoms with Crippen LogP contribution in [-0.4, -0.2) is 30.8 Å². The average molecular weight is 493 g/mol. The van der Waals surface area contributed by atoms with E-state index < -0.39 is 5.82 Å². The first-order valence-electron chi connectivity index (χ1n) is 11.5. The molecule has 0 saturated heterocycles. The topological polar surface area (TPSA) is 98.7 Å². The van der Waals surface area contributed by atoms with E-state index in [1.807, 2.05) is 18.4 Å². The number of rotatable bonds is 6. The summed E-state index contributed by atoms with van der Waals surface area (Å²) < 4.78 is 22.0. The van der Waals surface area contributed by atoms with E-state index >= 15 is 0 Å². The smallest absolute Gasteiger partial charge is 0.258 e. The summed E-state index contributed by atoms with van der Waals surface area (Å²) in [5.41, 5.74) is 3.04. The predicted octanol–water partition coefficient (Wildman–Crippen LogP) is 5.36. The van der Waals surface area contributed by atoms with Gasteiger partial charge >= 0.3 is 0 Å². The van der Waals surface area contributed by atoms with Gasteiger partial charge in [-0.05, 0) is 57.0 Å². The number of carbonyl (C=O) groups excluding carboxylic acids is 1. The Morgan fingerprint density at radius 2 is 2.09 bits per heavy atom. The lowest BCUT2D eigenvalue weighted by Crippen LogP contribution is -2.14. The van der Waals surface area contributed by atoms with Gasteiger partial charge in [-0.3, -0.25) is 4.79 Å². The fraction of sp³-hybridized carbons (Fsp3) is 0.320.